The van der Waals surface area contributed by atoms with Crippen LogP contribution < -0.4 is 10.2 Å². The minimum atomic E-state index is -1.13. The lowest BCUT2D eigenvalue weighted by Crippen LogP contribution is -2.48. The molecule has 0 aliphatic heterocycles. The molecule has 1 atom stereocenters. The molecular weight excluding hydrogens is 438 g/mol. The van der Waals surface area contributed by atoms with Crippen LogP contribution in [0.4, 0.5) is 5.69 Å². The van der Waals surface area contributed by atoms with E-state index in [4.69, 9.17) is 0 Å². The van der Waals surface area contributed by atoms with Gasteiger partial charge >= 0.3 is 5.97 Å². The second kappa shape index (κ2) is 9.62. The van der Waals surface area contributed by atoms with Gasteiger partial charge in [0.2, 0.25) is 5.91 Å². The fraction of sp³-hybridized carbons (Fsp3) is 0.120. The number of anilines is 1. The number of hydrogen-bond acceptors (Lipinski definition) is 5. The molecule has 4 aromatic rings. The molecule has 0 bridgehead atoms. The number of carbonyl (C=O) groups is 3. The maximum absolute atomic E-state index is 13.5. The third kappa shape index (κ3) is 5.07. The molecule has 166 valence electrons. The number of likely N-dealkylation sites (N-methyl/N-ethyl adjacent to an activating group) is 1. The van der Waals surface area contributed by atoms with Crippen LogP contribution in [0.5, 0.6) is 0 Å². The van der Waals surface area contributed by atoms with Crippen molar-refractivity contribution in [1.29, 1.82) is 0 Å². The highest BCUT2D eigenvalue weighted by Gasteiger charge is 2.26. The number of aromatic carboxylic acids is 1. The highest BCUT2D eigenvalue weighted by atomic mass is 32.1. The number of benzene rings is 3. The molecule has 0 saturated carbocycles. The number of aromatic nitrogens is 1. The number of nitrogens with zero attached hydrogens (tertiary/aromatic N) is 2. The monoisotopic (exact) mass is 459 g/mol. The number of carboxylic acid groups (broad SMARTS) is 1. The number of thiazole rings is 1. The molecule has 0 radical (unpaired) electrons. The van der Waals surface area contributed by atoms with Crippen LogP contribution in [0.3, 0.4) is 0 Å². The van der Waals surface area contributed by atoms with E-state index in [1.165, 1.54) is 40.5 Å². The van der Waals surface area contributed by atoms with Gasteiger partial charge in [0.1, 0.15) is 6.04 Å². The van der Waals surface area contributed by atoms with Crippen molar-refractivity contribution in [3.8, 4) is 0 Å². The summed E-state index contributed by atoms with van der Waals surface area (Å²) in [6.45, 7) is 0. The van der Waals surface area contributed by atoms with Gasteiger partial charge in [-0.15, -0.1) is 11.3 Å². The molecule has 2 N–H and O–H groups in total. The maximum Gasteiger partial charge on any atom is 0.335 e. The fourth-order valence-electron chi connectivity index (χ4n) is 3.50. The Labute approximate surface area is 194 Å². The molecule has 0 aliphatic carbocycles. The number of amides is 2. The Morgan fingerprint density at radius 2 is 1.76 bits per heavy atom. The number of rotatable bonds is 7. The molecule has 0 unspecified atom stereocenters. The minimum absolute atomic E-state index is 0.00210. The van der Waals surface area contributed by atoms with Crippen LogP contribution in [0.2, 0.25) is 0 Å². The van der Waals surface area contributed by atoms with Crippen molar-refractivity contribution in [2.75, 3.05) is 11.9 Å². The molecule has 2 amide bonds. The first kappa shape index (κ1) is 22.2. The second-order valence-corrected chi connectivity index (χ2v) is 8.39. The molecule has 7 nitrogen and oxygen atoms in total. The molecule has 8 heteroatoms. The number of fused-ring (bicyclic) bond motifs is 1. The fourth-order valence-corrected chi connectivity index (χ4v) is 4.16. The van der Waals surface area contributed by atoms with Gasteiger partial charge in [-0.25, -0.2) is 9.78 Å². The van der Waals surface area contributed by atoms with E-state index in [9.17, 15) is 19.5 Å². The van der Waals surface area contributed by atoms with Gasteiger partial charge < -0.3 is 15.3 Å². The predicted octanol–water partition coefficient (Wildman–Crippen LogP) is 4.00. The summed E-state index contributed by atoms with van der Waals surface area (Å²) in [7, 11) is 1.66. The van der Waals surface area contributed by atoms with Crippen molar-refractivity contribution in [1.82, 2.24) is 10.3 Å². The molecule has 1 aromatic heterocycles. The Bertz CT molecular complexity index is 1320. The lowest BCUT2D eigenvalue weighted by molar-refractivity contribution is -0.120. The summed E-state index contributed by atoms with van der Waals surface area (Å²) in [5.74, 6) is -1.94. The van der Waals surface area contributed by atoms with Crippen LogP contribution >= 0.6 is 11.3 Å². The average Bonchev–Trinajstić information content (AvgIpc) is 3.31. The minimum Gasteiger partial charge on any atom is -0.478 e. The molecule has 3 aromatic carbocycles. The molecule has 4 rings (SSSR count). The summed E-state index contributed by atoms with van der Waals surface area (Å²) in [6.07, 6.45) is 0.285. The van der Waals surface area contributed by atoms with Crippen LogP contribution in [0.1, 0.15) is 26.3 Å². The Hall–Kier alpha value is -4.04. The van der Waals surface area contributed by atoms with E-state index >= 15 is 0 Å². The quantitative estimate of drug-likeness (QED) is 0.435. The van der Waals surface area contributed by atoms with Gasteiger partial charge in [-0.1, -0.05) is 36.4 Å². The van der Waals surface area contributed by atoms with E-state index in [0.717, 1.165) is 15.8 Å². The molecule has 33 heavy (non-hydrogen) atoms. The lowest BCUT2D eigenvalue weighted by Gasteiger charge is -2.25. The van der Waals surface area contributed by atoms with Crippen molar-refractivity contribution >= 4 is 45.0 Å². The first-order valence-corrected chi connectivity index (χ1v) is 11.1. The predicted molar refractivity (Wildman–Crippen MR) is 128 cm³/mol. The van der Waals surface area contributed by atoms with E-state index in [1.807, 2.05) is 48.5 Å². The van der Waals surface area contributed by atoms with Crippen molar-refractivity contribution in [3.05, 3.63) is 95.0 Å². The molecule has 0 saturated heterocycles. The molecule has 0 fully saturated rings. The summed E-state index contributed by atoms with van der Waals surface area (Å²) >= 11 is 1.52. The van der Waals surface area contributed by atoms with Crippen LogP contribution in [0.25, 0.3) is 10.2 Å². The number of hydrogen-bond donors (Lipinski definition) is 2. The summed E-state index contributed by atoms with van der Waals surface area (Å²) < 4.78 is 1.02. The zero-order valence-electron chi connectivity index (χ0n) is 17.8. The highest BCUT2D eigenvalue weighted by molar-refractivity contribution is 7.16. The standard InChI is InChI=1S/C25H21N3O4S/c1-28(19-10-11-22-20(14-19)26-15-33-22)24(30)21(12-16-6-3-2-4-7-16)27-23(29)17-8-5-9-18(13-17)25(31)32/h2-11,13-15,21H,12H2,1H3,(H,27,29)(H,31,32)/t21-/m0/s1. The maximum atomic E-state index is 13.5. The summed E-state index contributed by atoms with van der Waals surface area (Å²) in [5.41, 5.74) is 4.28. The van der Waals surface area contributed by atoms with Gasteiger partial charge in [0.15, 0.2) is 0 Å². The van der Waals surface area contributed by atoms with E-state index in [0.29, 0.717) is 5.69 Å². The second-order valence-electron chi connectivity index (χ2n) is 7.50. The van der Waals surface area contributed by atoms with Crippen molar-refractivity contribution in [2.24, 2.45) is 0 Å². The average molecular weight is 460 g/mol. The number of carboxylic acids is 1. The van der Waals surface area contributed by atoms with Crippen molar-refractivity contribution in [3.63, 3.8) is 0 Å². The van der Waals surface area contributed by atoms with Crippen LogP contribution in [-0.2, 0) is 11.2 Å². The van der Waals surface area contributed by atoms with E-state index < -0.39 is 17.9 Å². The summed E-state index contributed by atoms with van der Waals surface area (Å²) in [4.78, 5) is 43.5. The third-order valence-corrected chi connectivity index (χ3v) is 6.10. The summed E-state index contributed by atoms with van der Waals surface area (Å²) in [5, 5.41) is 12.0. The van der Waals surface area contributed by atoms with Gasteiger partial charge in [-0.2, -0.15) is 0 Å². The zero-order valence-corrected chi connectivity index (χ0v) is 18.6. The summed E-state index contributed by atoms with van der Waals surface area (Å²) in [6, 6.07) is 19.9. The Kier molecular flexibility index (Phi) is 6.46. The number of nitrogens with one attached hydrogen (secondary N) is 1. The smallest absolute Gasteiger partial charge is 0.335 e. The van der Waals surface area contributed by atoms with Gasteiger partial charge in [0, 0.05) is 24.7 Å². The Morgan fingerprint density at radius 3 is 2.52 bits per heavy atom. The first-order valence-electron chi connectivity index (χ1n) is 10.2. The van der Waals surface area contributed by atoms with E-state index in [-0.39, 0.29) is 23.5 Å². The van der Waals surface area contributed by atoms with Crippen molar-refractivity contribution < 1.29 is 19.5 Å². The molecule has 1 heterocycles. The van der Waals surface area contributed by atoms with Crippen LogP contribution in [-0.4, -0.2) is 41.0 Å². The SMILES string of the molecule is CN(C(=O)[C@H](Cc1ccccc1)NC(=O)c1cccc(C(=O)O)c1)c1ccc2scnc2c1. The van der Waals surface area contributed by atoms with Gasteiger partial charge in [0.25, 0.3) is 5.91 Å². The van der Waals surface area contributed by atoms with Crippen LogP contribution in [0.15, 0.2) is 78.3 Å². The third-order valence-electron chi connectivity index (χ3n) is 5.29. The zero-order chi connectivity index (χ0) is 23.4. The van der Waals surface area contributed by atoms with Gasteiger partial charge in [0.05, 0.1) is 21.3 Å². The first-order chi connectivity index (χ1) is 15.9. The lowest BCUT2D eigenvalue weighted by atomic mass is 10.0. The Balaban J connectivity index is 1.60. The van der Waals surface area contributed by atoms with E-state index in [1.54, 1.807) is 12.6 Å². The number of carbonyl (C=O) groups excluding carboxylic acids is 2. The van der Waals surface area contributed by atoms with Crippen LogP contribution in [0, 0.1) is 0 Å². The Morgan fingerprint density at radius 1 is 1.00 bits per heavy atom. The highest BCUT2D eigenvalue weighted by Crippen LogP contribution is 2.24. The van der Waals surface area contributed by atoms with Gasteiger partial charge in [-0.05, 0) is 42.0 Å². The van der Waals surface area contributed by atoms with Crippen molar-refractivity contribution in [2.45, 2.75) is 12.5 Å². The van der Waals surface area contributed by atoms with Gasteiger partial charge in [-0.3, -0.25) is 9.59 Å². The molecule has 0 spiro atoms. The molecular formula is C25H21N3O4S. The normalized spacial score (nSPS) is 11.7. The van der Waals surface area contributed by atoms with E-state index in [2.05, 4.69) is 10.3 Å². The topological polar surface area (TPSA) is 99.6 Å². The largest absolute Gasteiger partial charge is 0.478 e. The molecule has 0 aliphatic rings.